The van der Waals surface area contributed by atoms with Gasteiger partial charge in [-0.05, 0) is 43.2 Å². The summed E-state index contributed by atoms with van der Waals surface area (Å²) in [5.41, 5.74) is 1.03. The van der Waals surface area contributed by atoms with Crippen LogP contribution >= 0.6 is 11.3 Å². The van der Waals surface area contributed by atoms with Crippen molar-refractivity contribution in [3.8, 4) is 0 Å². The third kappa shape index (κ3) is 4.48. The van der Waals surface area contributed by atoms with Gasteiger partial charge in [0, 0.05) is 30.3 Å². The van der Waals surface area contributed by atoms with Crippen molar-refractivity contribution in [1.29, 1.82) is 0 Å². The summed E-state index contributed by atoms with van der Waals surface area (Å²) in [5.74, 6) is -0.913. The second kappa shape index (κ2) is 8.48. The van der Waals surface area contributed by atoms with Crippen LogP contribution in [0.5, 0.6) is 0 Å². The summed E-state index contributed by atoms with van der Waals surface area (Å²) in [6.07, 6.45) is 1.68. The van der Waals surface area contributed by atoms with Crippen molar-refractivity contribution in [2.75, 3.05) is 18.4 Å². The lowest BCUT2D eigenvalue weighted by molar-refractivity contribution is 0.0706. The molecule has 1 N–H and O–H groups in total. The molecule has 1 aromatic heterocycles. The molecule has 2 heterocycles. The zero-order valence-corrected chi connectivity index (χ0v) is 16.4. The number of para-hydroxylation sites is 1. The van der Waals surface area contributed by atoms with Gasteiger partial charge in [-0.25, -0.2) is 4.39 Å². The molecule has 1 saturated heterocycles. The molecule has 2 amide bonds. The van der Waals surface area contributed by atoms with E-state index in [-0.39, 0.29) is 22.7 Å². The lowest BCUT2D eigenvalue weighted by Gasteiger charge is -2.31. The maximum atomic E-state index is 13.4. The molecule has 0 aliphatic carbocycles. The van der Waals surface area contributed by atoms with Crippen molar-refractivity contribution < 1.29 is 14.0 Å². The standard InChI is InChI=1S/C21H19FN4O2S/c22-16-8-4-6-14(12-16)21(28)26-11-5-7-15(13-26)19-24-25-20(29-19)18(27)23-17-9-2-1-3-10-17/h1-4,6,8-10,12,15H,5,7,11,13H2,(H,23,27)/t15-/m0/s1. The Hall–Kier alpha value is -3.13. The smallest absolute Gasteiger partial charge is 0.286 e. The zero-order chi connectivity index (χ0) is 20.2. The van der Waals surface area contributed by atoms with Crippen molar-refractivity contribution >= 4 is 28.8 Å². The predicted octanol–water partition coefficient (Wildman–Crippen LogP) is 3.95. The number of carbonyl (C=O) groups is 2. The topological polar surface area (TPSA) is 75.2 Å². The van der Waals surface area contributed by atoms with Crippen molar-refractivity contribution in [2.45, 2.75) is 18.8 Å². The summed E-state index contributed by atoms with van der Waals surface area (Å²) >= 11 is 1.25. The molecule has 148 valence electrons. The van der Waals surface area contributed by atoms with Gasteiger partial charge in [-0.1, -0.05) is 35.6 Å². The summed E-state index contributed by atoms with van der Waals surface area (Å²) in [7, 11) is 0. The number of carbonyl (C=O) groups excluding carboxylic acids is 2. The average Bonchev–Trinajstić information content (AvgIpc) is 3.25. The van der Waals surface area contributed by atoms with Crippen LogP contribution in [0.1, 0.15) is 43.9 Å². The Morgan fingerprint density at radius 3 is 2.72 bits per heavy atom. The molecule has 0 unspecified atom stereocenters. The van der Waals surface area contributed by atoms with Crippen LogP contribution in [0.4, 0.5) is 10.1 Å². The first-order valence-corrected chi connectivity index (χ1v) is 10.2. The number of hydrogen-bond donors (Lipinski definition) is 1. The van der Waals surface area contributed by atoms with Crippen LogP contribution in [0.3, 0.4) is 0 Å². The van der Waals surface area contributed by atoms with E-state index < -0.39 is 5.82 Å². The minimum absolute atomic E-state index is 0.0111. The van der Waals surface area contributed by atoms with Gasteiger partial charge in [-0.15, -0.1) is 10.2 Å². The minimum atomic E-state index is -0.428. The van der Waals surface area contributed by atoms with E-state index in [0.29, 0.717) is 24.3 Å². The SMILES string of the molecule is O=C(Nc1ccccc1)c1nnc([C@H]2CCCN(C(=O)c3cccc(F)c3)C2)s1. The van der Waals surface area contributed by atoms with Crippen molar-refractivity contribution in [2.24, 2.45) is 0 Å². The number of aromatic nitrogens is 2. The van der Waals surface area contributed by atoms with E-state index in [0.717, 1.165) is 17.8 Å². The highest BCUT2D eigenvalue weighted by molar-refractivity contribution is 7.13. The van der Waals surface area contributed by atoms with Gasteiger partial charge >= 0.3 is 0 Å². The lowest BCUT2D eigenvalue weighted by Crippen LogP contribution is -2.39. The van der Waals surface area contributed by atoms with Crippen LogP contribution in [0.2, 0.25) is 0 Å². The molecule has 8 heteroatoms. The third-order valence-electron chi connectivity index (χ3n) is 4.80. The Bertz CT molecular complexity index is 1020. The Balaban J connectivity index is 1.44. The van der Waals surface area contributed by atoms with Crippen LogP contribution in [0.25, 0.3) is 0 Å². The lowest BCUT2D eigenvalue weighted by atomic mass is 9.98. The summed E-state index contributed by atoms with van der Waals surface area (Å²) < 4.78 is 13.4. The molecule has 2 aromatic carbocycles. The highest BCUT2D eigenvalue weighted by Crippen LogP contribution is 2.30. The van der Waals surface area contributed by atoms with Gasteiger partial charge in [0.2, 0.25) is 5.01 Å². The number of benzene rings is 2. The van der Waals surface area contributed by atoms with Crippen LogP contribution in [0, 0.1) is 5.82 Å². The maximum Gasteiger partial charge on any atom is 0.286 e. The molecule has 1 fully saturated rings. The van der Waals surface area contributed by atoms with E-state index in [4.69, 9.17) is 0 Å². The molecule has 0 bridgehead atoms. The monoisotopic (exact) mass is 410 g/mol. The summed E-state index contributed by atoms with van der Waals surface area (Å²) in [5, 5.41) is 12.0. The highest BCUT2D eigenvalue weighted by atomic mass is 32.1. The van der Waals surface area contributed by atoms with Gasteiger partial charge in [0.1, 0.15) is 10.8 Å². The Kier molecular flexibility index (Phi) is 5.62. The first-order valence-electron chi connectivity index (χ1n) is 9.35. The molecule has 0 saturated carbocycles. The molecule has 1 atom stereocenters. The normalized spacial score (nSPS) is 16.4. The summed E-state index contributed by atoms with van der Waals surface area (Å²) in [6.45, 7) is 1.09. The summed E-state index contributed by atoms with van der Waals surface area (Å²) in [4.78, 5) is 26.8. The number of likely N-dealkylation sites (tertiary alicyclic amines) is 1. The molecule has 1 aliphatic heterocycles. The van der Waals surface area contributed by atoms with E-state index >= 15 is 0 Å². The number of halogens is 1. The fourth-order valence-corrected chi connectivity index (χ4v) is 4.23. The molecule has 3 aromatic rings. The van der Waals surface area contributed by atoms with Gasteiger partial charge in [0.15, 0.2) is 0 Å². The number of anilines is 1. The molecule has 0 radical (unpaired) electrons. The first kappa shape index (κ1) is 19.2. The second-order valence-corrected chi connectivity index (χ2v) is 7.88. The van der Waals surface area contributed by atoms with Crippen LogP contribution in [-0.4, -0.2) is 40.0 Å². The van der Waals surface area contributed by atoms with Crippen molar-refractivity contribution in [3.05, 3.63) is 76.0 Å². The quantitative estimate of drug-likeness (QED) is 0.707. The Morgan fingerprint density at radius 1 is 1.10 bits per heavy atom. The number of piperidine rings is 1. The van der Waals surface area contributed by atoms with Gasteiger partial charge in [0.05, 0.1) is 0 Å². The largest absolute Gasteiger partial charge is 0.338 e. The zero-order valence-electron chi connectivity index (χ0n) is 15.5. The average molecular weight is 410 g/mol. The number of rotatable bonds is 4. The predicted molar refractivity (Wildman–Crippen MR) is 109 cm³/mol. The second-order valence-electron chi connectivity index (χ2n) is 6.87. The van der Waals surface area contributed by atoms with Gasteiger partial charge in [-0.3, -0.25) is 9.59 Å². The van der Waals surface area contributed by atoms with E-state index in [1.807, 2.05) is 18.2 Å². The van der Waals surface area contributed by atoms with Gasteiger partial charge in [0.25, 0.3) is 11.8 Å². The molecule has 0 spiro atoms. The molecule has 1 aliphatic rings. The molecule has 6 nitrogen and oxygen atoms in total. The first-order chi connectivity index (χ1) is 14.1. The number of hydrogen-bond acceptors (Lipinski definition) is 5. The van der Waals surface area contributed by atoms with Crippen LogP contribution in [-0.2, 0) is 0 Å². The van der Waals surface area contributed by atoms with E-state index in [1.54, 1.807) is 23.1 Å². The fraction of sp³-hybridized carbons (Fsp3) is 0.238. The molecule has 4 rings (SSSR count). The highest BCUT2D eigenvalue weighted by Gasteiger charge is 2.28. The van der Waals surface area contributed by atoms with E-state index in [1.165, 1.54) is 29.5 Å². The molecular weight excluding hydrogens is 391 g/mol. The fourth-order valence-electron chi connectivity index (χ4n) is 3.36. The third-order valence-corrected chi connectivity index (χ3v) is 5.88. The molecular formula is C21H19FN4O2S. The van der Waals surface area contributed by atoms with E-state index in [2.05, 4.69) is 15.5 Å². The number of nitrogens with one attached hydrogen (secondary N) is 1. The Morgan fingerprint density at radius 2 is 1.93 bits per heavy atom. The van der Waals surface area contributed by atoms with Gasteiger partial charge in [-0.2, -0.15) is 0 Å². The van der Waals surface area contributed by atoms with Crippen LogP contribution < -0.4 is 5.32 Å². The Labute approximate surface area is 171 Å². The van der Waals surface area contributed by atoms with Crippen molar-refractivity contribution in [3.63, 3.8) is 0 Å². The maximum absolute atomic E-state index is 13.4. The van der Waals surface area contributed by atoms with Crippen LogP contribution in [0.15, 0.2) is 54.6 Å². The number of nitrogens with zero attached hydrogens (tertiary/aromatic N) is 3. The summed E-state index contributed by atoms with van der Waals surface area (Å²) in [6, 6.07) is 14.9. The minimum Gasteiger partial charge on any atom is -0.338 e. The van der Waals surface area contributed by atoms with Gasteiger partial charge < -0.3 is 10.2 Å². The van der Waals surface area contributed by atoms with E-state index in [9.17, 15) is 14.0 Å². The van der Waals surface area contributed by atoms with Crippen molar-refractivity contribution in [1.82, 2.24) is 15.1 Å². The number of amides is 2. The molecule has 29 heavy (non-hydrogen) atoms.